The van der Waals surface area contributed by atoms with Gasteiger partial charge in [0.2, 0.25) is 5.95 Å². The Hall–Kier alpha value is -2.21. The molecule has 0 radical (unpaired) electrons. The fourth-order valence-electron chi connectivity index (χ4n) is 3.30. The summed E-state index contributed by atoms with van der Waals surface area (Å²) in [6.45, 7) is 9.93. The van der Waals surface area contributed by atoms with E-state index < -0.39 is 0 Å². The highest BCUT2D eigenvalue weighted by molar-refractivity contribution is 7.15. The van der Waals surface area contributed by atoms with Gasteiger partial charge in [-0.3, -0.25) is 4.90 Å². The molecule has 0 aromatic carbocycles. The number of aryl methyl sites for hydroxylation is 1. The highest BCUT2D eigenvalue weighted by Crippen LogP contribution is 2.25. The summed E-state index contributed by atoms with van der Waals surface area (Å²) >= 11 is 1.65. The van der Waals surface area contributed by atoms with Crippen LogP contribution in [0.5, 0.6) is 6.01 Å². The van der Waals surface area contributed by atoms with Crippen molar-refractivity contribution in [1.82, 2.24) is 19.9 Å². The number of hydrogen-bond donors (Lipinski definition) is 0. The van der Waals surface area contributed by atoms with Gasteiger partial charge in [0.1, 0.15) is 18.2 Å². The van der Waals surface area contributed by atoms with E-state index in [2.05, 4.69) is 48.0 Å². The molecule has 2 aliphatic heterocycles. The smallest absolute Gasteiger partial charge is 0.321 e. The van der Waals surface area contributed by atoms with Crippen molar-refractivity contribution >= 4 is 22.3 Å². The highest BCUT2D eigenvalue weighted by atomic mass is 32.1. The largest absolute Gasteiger partial charge is 0.462 e. The fraction of sp³-hybridized carbons (Fsp3) is 0.650. The lowest BCUT2D eigenvalue weighted by Crippen LogP contribution is -2.39. The Morgan fingerprint density at radius 3 is 2.55 bits per heavy atom. The summed E-state index contributed by atoms with van der Waals surface area (Å²) < 4.78 is 16.7. The Kier molecular flexibility index (Phi) is 8.11. The predicted octanol–water partition coefficient (Wildman–Crippen LogP) is 2.33. The molecule has 0 amide bonds. The van der Waals surface area contributed by atoms with Crippen LogP contribution in [0.4, 0.5) is 10.9 Å². The Morgan fingerprint density at radius 1 is 1.03 bits per heavy atom. The minimum absolute atomic E-state index is 0.277. The summed E-state index contributed by atoms with van der Waals surface area (Å²) in [5, 5.41) is 9.51. The van der Waals surface area contributed by atoms with E-state index in [0.717, 1.165) is 57.4 Å². The summed E-state index contributed by atoms with van der Waals surface area (Å²) in [6.07, 6.45) is 1.00. The van der Waals surface area contributed by atoms with Gasteiger partial charge in [0.15, 0.2) is 5.82 Å². The number of morpholine rings is 2. The molecule has 0 bridgehead atoms. The van der Waals surface area contributed by atoms with Crippen LogP contribution in [0.15, 0.2) is 22.4 Å². The number of rotatable bonds is 9. The van der Waals surface area contributed by atoms with Crippen LogP contribution in [-0.4, -0.2) is 85.6 Å². The molecule has 2 aromatic heterocycles. The van der Waals surface area contributed by atoms with Crippen LogP contribution in [0.25, 0.3) is 0 Å². The van der Waals surface area contributed by atoms with Crippen molar-refractivity contribution in [2.75, 3.05) is 70.7 Å². The number of ether oxygens (including phenoxy) is 3. The third kappa shape index (κ3) is 6.63. The van der Waals surface area contributed by atoms with Gasteiger partial charge >= 0.3 is 6.01 Å². The van der Waals surface area contributed by atoms with Crippen LogP contribution in [0, 0.1) is 0 Å². The molecule has 2 fully saturated rings. The van der Waals surface area contributed by atoms with Crippen molar-refractivity contribution in [3.63, 3.8) is 0 Å². The first-order chi connectivity index (χ1) is 15.3. The topological polar surface area (TPSA) is 97.6 Å². The zero-order valence-electron chi connectivity index (χ0n) is 17.9. The maximum absolute atomic E-state index is 5.89. The van der Waals surface area contributed by atoms with E-state index >= 15 is 0 Å². The standard InChI is InChI=1S/C20H29N7O3S/c1-2-16-3-4-18(31-16)25-21-15-17-22-19(27-8-12-29-13-9-27)24-20(23-17)30-14-7-26-5-10-28-11-6-26/h3-4H,2,5-15H2,1H3. The number of hydrogen-bond acceptors (Lipinski definition) is 11. The van der Waals surface area contributed by atoms with Gasteiger partial charge in [-0.05, 0) is 18.6 Å². The van der Waals surface area contributed by atoms with E-state index in [-0.39, 0.29) is 6.54 Å². The lowest BCUT2D eigenvalue weighted by molar-refractivity contribution is 0.0317. The maximum atomic E-state index is 5.89. The van der Waals surface area contributed by atoms with Crippen molar-refractivity contribution < 1.29 is 14.2 Å². The predicted molar refractivity (Wildman–Crippen MR) is 118 cm³/mol. The van der Waals surface area contributed by atoms with Crippen molar-refractivity contribution in [2.45, 2.75) is 19.9 Å². The molecule has 4 rings (SSSR count). The Morgan fingerprint density at radius 2 is 1.81 bits per heavy atom. The van der Waals surface area contributed by atoms with Crippen molar-refractivity contribution in [2.24, 2.45) is 10.2 Å². The van der Waals surface area contributed by atoms with E-state index in [1.165, 1.54) is 4.88 Å². The molecular formula is C20H29N7O3S. The van der Waals surface area contributed by atoms with Gasteiger partial charge in [-0.2, -0.15) is 20.1 Å². The molecule has 0 aliphatic carbocycles. The second-order valence-corrected chi connectivity index (χ2v) is 8.38. The second-order valence-electron chi connectivity index (χ2n) is 7.23. The maximum Gasteiger partial charge on any atom is 0.321 e. The zero-order chi connectivity index (χ0) is 21.3. The Labute approximate surface area is 186 Å². The van der Waals surface area contributed by atoms with Crippen LogP contribution in [0.1, 0.15) is 17.6 Å². The first kappa shape index (κ1) is 22.0. The molecule has 0 atom stereocenters. The number of nitrogens with zero attached hydrogens (tertiary/aromatic N) is 7. The van der Waals surface area contributed by atoms with Crippen molar-refractivity contribution in [1.29, 1.82) is 0 Å². The number of azo groups is 1. The van der Waals surface area contributed by atoms with Crippen LogP contribution in [0.3, 0.4) is 0 Å². The summed E-state index contributed by atoms with van der Waals surface area (Å²) in [6, 6.07) is 4.40. The zero-order valence-corrected chi connectivity index (χ0v) is 18.7. The molecule has 2 aliphatic rings. The molecule has 0 N–H and O–H groups in total. The Bertz CT molecular complexity index is 851. The number of thiophene rings is 1. The monoisotopic (exact) mass is 447 g/mol. The van der Waals surface area contributed by atoms with Gasteiger partial charge in [-0.25, -0.2) is 0 Å². The summed E-state index contributed by atoms with van der Waals surface area (Å²) in [5.41, 5.74) is 0. The molecule has 10 nitrogen and oxygen atoms in total. The molecule has 0 spiro atoms. The lowest BCUT2D eigenvalue weighted by Gasteiger charge is -2.27. The molecule has 0 saturated carbocycles. The summed E-state index contributed by atoms with van der Waals surface area (Å²) in [4.78, 5) is 19.3. The quantitative estimate of drug-likeness (QED) is 0.540. The highest BCUT2D eigenvalue weighted by Gasteiger charge is 2.17. The van der Waals surface area contributed by atoms with Crippen molar-refractivity contribution in [3.05, 3.63) is 22.8 Å². The van der Waals surface area contributed by atoms with E-state index in [1.807, 2.05) is 6.07 Å². The lowest BCUT2D eigenvalue weighted by atomic mass is 10.4. The van der Waals surface area contributed by atoms with E-state index in [0.29, 0.717) is 37.6 Å². The minimum Gasteiger partial charge on any atom is -0.462 e. The normalized spacial score (nSPS) is 18.0. The molecule has 2 aromatic rings. The van der Waals surface area contributed by atoms with Crippen LogP contribution < -0.4 is 9.64 Å². The minimum atomic E-state index is 0.277. The van der Waals surface area contributed by atoms with E-state index in [1.54, 1.807) is 11.3 Å². The summed E-state index contributed by atoms with van der Waals surface area (Å²) in [5.74, 6) is 1.16. The molecule has 0 unspecified atom stereocenters. The molecule has 11 heteroatoms. The second kappa shape index (κ2) is 11.4. The van der Waals surface area contributed by atoms with Gasteiger partial charge in [-0.1, -0.05) is 6.92 Å². The van der Waals surface area contributed by atoms with E-state index in [9.17, 15) is 0 Å². The molecule has 168 valence electrons. The fourth-order valence-corrected chi connectivity index (χ4v) is 4.08. The third-order valence-electron chi connectivity index (χ3n) is 5.06. The van der Waals surface area contributed by atoms with Crippen molar-refractivity contribution in [3.8, 4) is 6.01 Å². The first-order valence-electron chi connectivity index (χ1n) is 10.8. The van der Waals surface area contributed by atoms with E-state index in [4.69, 9.17) is 14.2 Å². The first-order valence-corrected chi connectivity index (χ1v) is 11.6. The van der Waals surface area contributed by atoms with Gasteiger partial charge < -0.3 is 19.1 Å². The van der Waals surface area contributed by atoms with Gasteiger partial charge in [0.05, 0.1) is 26.4 Å². The molecule has 4 heterocycles. The van der Waals surface area contributed by atoms with Crippen LogP contribution in [0.2, 0.25) is 0 Å². The van der Waals surface area contributed by atoms with Crippen LogP contribution >= 0.6 is 11.3 Å². The summed E-state index contributed by atoms with van der Waals surface area (Å²) in [7, 11) is 0. The van der Waals surface area contributed by atoms with Gasteiger partial charge in [0.25, 0.3) is 0 Å². The van der Waals surface area contributed by atoms with Crippen LogP contribution in [-0.2, 0) is 22.4 Å². The number of aromatic nitrogens is 3. The molecule has 31 heavy (non-hydrogen) atoms. The van der Waals surface area contributed by atoms with Gasteiger partial charge in [0, 0.05) is 37.6 Å². The molecule has 2 saturated heterocycles. The average Bonchev–Trinajstić information content (AvgIpc) is 3.28. The number of anilines is 1. The Balaban J connectivity index is 1.41. The molecular weight excluding hydrogens is 418 g/mol. The average molecular weight is 448 g/mol. The SMILES string of the molecule is CCc1ccc(N=NCc2nc(OCCN3CCOCC3)nc(N3CCOCC3)n2)s1. The third-order valence-corrected chi connectivity index (χ3v) is 6.18. The van der Waals surface area contributed by atoms with Gasteiger partial charge in [-0.15, -0.1) is 16.5 Å².